The van der Waals surface area contributed by atoms with Gasteiger partial charge in [0, 0.05) is 29.1 Å². The van der Waals surface area contributed by atoms with Crippen LogP contribution in [0.25, 0.3) is 11.1 Å². The molecule has 7 nitrogen and oxygen atoms in total. The number of fused-ring (bicyclic) bond motifs is 1. The van der Waals surface area contributed by atoms with Crippen molar-refractivity contribution in [1.29, 1.82) is 0 Å². The van der Waals surface area contributed by atoms with Crippen LogP contribution in [0.5, 0.6) is 0 Å². The second kappa shape index (κ2) is 12.7. The van der Waals surface area contributed by atoms with E-state index in [-0.39, 0.29) is 41.6 Å². The van der Waals surface area contributed by atoms with Gasteiger partial charge < -0.3 is 11.1 Å². The van der Waals surface area contributed by atoms with E-state index < -0.39 is 53.2 Å². The van der Waals surface area contributed by atoms with Crippen LogP contribution < -0.4 is 11.1 Å². The van der Waals surface area contributed by atoms with Crippen LogP contribution in [-0.4, -0.2) is 26.6 Å². The van der Waals surface area contributed by atoms with E-state index in [9.17, 15) is 35.9 Å². The van der Waals surface area contributed by atoms with Gasteiger partial charge >= 0.3 is 6.18 Å². The molecule has 2 atom stereocenters. The molecule has 45 heavy (non-hydrogen) atoms. The van der Waals surface area contributed by atoms with E-state index >= 15 is 0 Å². The normalized spacial score (nSPS) is 14.5. The van der Waals surface area contributed by atoms with Crippen molar-refractivity contribution in [2.45, 2.75) is 63.7 Å². The summed E-state index contributed by atoms with van der Waals surface area (Å²) in [5, 5.41) is 6.71. The van der Waals surface area contributed by atoms with Crippen molar-refractivity contribution in [1.82, 2.24) is 20.1 Å². The van der Waals surface area contributed by atoms with Gasteiger partial charge in [-0.05, 0) is 80.0 Å². The van der Waals surface area contributed by atoms with E-state index in [0.717, 1.165) is 22.9 Å². The molecule has 0 radical (unpaired) electrons. The Balaban J connectivity index is 1.58. The molecule has 2 aromatic carbocycles. The first-order chi connectivity index (χ1) is 21.4. The number of alkyl halides is 3. The summed E-state index contributed by atoms with van der Waals surface area (Å²) in [6.45, 7) is 1.64. The van der Waals surface area contributed by atoms with E-state index in [1.54, 1.807) is 19.1 Å². The Morgan fingerprint density at radius 3 is 2.40 bits per heavy atom. The minimum atomic E-state index is -4.70. The van der Waals surface area contributed by atoms with E-state index in [2.05, 4.69) is 15.4 Å². The van der Waals surface area contributed by atoms with Gasteiger partial charge in [-0.2, -0.15) is 18.3 Å². The Bertz CT molecular complexity index is 1730. The maximum atomic E-state index is 14.3. The van der Waals surface area contributed by atoms with E-state index in [0.29, 0.717) is 42.1 Å². The Morgan fingerprint density at radius 1 is 1.02 bits per heavy atom. The molecule has 4 aromatic rings. The molecule has 0 fully saturated rings. The molecule has 0 aliphatic heterocycles. The third kappa shape index (κ3) is 6.71. The van der Waals surface area contributed by atoms with Crippen LogP contribution in [0.1, 0.15) is 76.8 Å². The van der Waals surface area contributed by atoms with Crippen molar-refractivity contribution in [3.63, 3.8) is 0 Å². The number of aromatic nitrogens is 3. The summed E-state index contributed by atoms with van der Waals surface area (Å²) in [7, 11) is 0. The zero-order valence-corrected chi connectivity index (χ0v) is 24.1. The average Bonchev–Trinajstić information content (AvgIpc) is 3.37. The van der Waals surface area contributed by atoms with Gasteiger partial charge in [-0.3, -0.25) is 19.3 Å². The molecular formula is C32H29F6N5O2. The number of carbonyl (C=O) groups excluding carboxylic acids is 2. The quantitative estimate of drug-likeness (QED) is 0.209. The van der Waals surface area contributed by atoms with Gasteiger partial charge in [0.05, 0.1) is 17.3 Å². The lowest BCUT2D eigenvalue weighted by atomic mass is 9.94. The second-order valence-electron chi connectivity index (χ2n) is 10.9. The topological polar surface area (TPSA) is 103 Å². The highest BCUT2D eigenvalue weighted by Gasteiger charge is 2.41. The SMILES string of the molecule is CC[C@@H](C(=O)N[C@@H](Cc1cc(F)cc(F)c1)c1ncccc1-c1ccc(F)c(C(N)=O)c1)n1nc(C(F)(F)F)c2c1CCCC2. The third-order valence-electron chi connectivity index (χ3n) is 7.85. The smallest absolute Gasteiger partial charge is 0.366 e. The van der Waals surface area contributed by atoms with Gasteiger partial charge in [0.15, 0.2) is 5.69 Å². The number of nitrogens with two attached hydrogens (primary N) is 1. The Kier molecular flexibility index (Phi) is 8.98. The number of hydrogen-bond acceptors (Lipinski definition) is 4. The molecule has 2 heterocycles. The number of halogens is 6. The number of amides is 2. The van der Waals surface area contributed by atoms with Crippen LogP contribution in [0.15, 0.2) is 54.7 Å². The number of primary amides is 1. The van der Waals surface area contributed by atoms with Gasteiger partial charge in [-0.25, -0.2) is 13.2 Å². The molecule has 3 N–H and O–H groups in total. The lowest BCUT2D eigenvalue weighted by Crippen LogP contribution is -2.37. The summed E-state index contributed by atoms with van der Waals surface area (Å²) in [4.78, 5) is 30.2. The minimum absolute atomic E-state index is 0.0837. The molecule has 0 bridgehead atoms. The Morgan fingerprint density at radius 2 is 1.73 bits per heavy atom. The highest BCUT2D eigenvalue weighted by molar-refractivity contribution is 5.94. The molecule has 1 aliphatic carbocycles. The second-order valence-corrected chi connectivity index (χ2v) is 10.9. The summed E-state index contributed by atoms with van der Waals surface area (Å²) in [6.07, 6.45) is -1.63. The number of nitrogens with one attached hydrogen (secondary N) is 1. The van der Waals surface area contributed by atoms with Gasteiger partial charge in [-0.15, -0.1) is 0 Å². The fraction of sp³-hybridized carbons (Fsp3) is 0.312. The Hall–Kier alpha value is -4.68. The van der Waals surface area contributed by atoms with Gasteiger partial charge in [0.2, 0.25) is 5.91 Å². The van der Waals surface area contributed by atoms with E-state index in [1.807, 2.05) is 0 Å². The molecule has 0 saturated heterocycles. The molecule has 13 heteroatoms. The minimum Gasteiger partial charge on any atom is -0.366 e. The van der Waals surface area contributed by atoms with Crippen molar-refractivity contribution in [3.05, 3.63) is 106 Å². The van der Waals surface area contributed by atoms with Crippen LogP contribution in [-0.2, 0) is 30.2 Å². The van der Waals surface area contributed by atoms with Gasteiger partial charge in [-0.1, -0.05) is 19.1 Å². The predicted molar refractivity (Wildman–Crippen MR) is 152 cm³/mol. The first kappa shape index (κ1) is 31.7. The fourth-order valence-corrected chi connectivity index (χ4v) is 5.85. The molecule has 2 aromatic heterocycles. The van der Waals surface area contributed by atoms with E-state index in [1.165, 1.54) is 18.3 Å². The molecule has 1 aliphatic rings. The first-order valence-electron chi connectivity index (χ1n) is 14.3. The molecule has 2 amide bonds. The number of hydrogen-bond donors (Lipinski definition) is 2. The lowest BCUT2D eigenvalue weighted by Gasteiger charge is -2.26. The molecule has 0 saturated carbocycles. The van der Waals surface area contributed by atoms with Crippen molar-refractivity contribution >= 4 is 11.8 Å². The lowest BCUT2D eigenvalue weighted by molar-refractivity contribution is -0.142. The van der Waals surface area contributed by atoms with Gasteiger partial charge in [0.1, 0.15) is 23.5 Å². The van der Waals surface area contributed by atoms with Crippen LogP contribution in [0.2, 0.25) is 0 Å². The molecule has 236 valence electrons. The number of benzene rings is 2. The molecular weight excluding hydrogens is 600 g/mol. The van der Waals surface area contributed by atoms with Crippen molar-refractivity contribution < 1.29 is 35.9 Å². The maximum absolute atomic E-state index is 14.3. The van der Waals surface area contributed by atoms with Crippen molar-refractivity contribution in [2.24, 2.45) is 5.73 Å². The number of pyridine rings is 1. The standard InChI is InChI=1S/C32H29F6N5O2/c1-2-26(43-27-8-4-3-6-22(27)29(42-43)32(36,37)38)31(45)41-25(14-17-12-19(33)16-20(34)13-17)28-21(7-5-11-40-28)18-9-10-24(35)23(15-18)30(39)44/h5,7,9-13,15-16,25-26H,2-4,6,8,14H2,1H3,(H2,39,44)(H,41,45)/t25-,26-/m0/s1. The van der Waals surface area contributed by atoms with Crippen molar-refractivity contribution in [3.8, 4) is 11.1 Å². The summed E-state index contributed by atoms with van der Waals surface area (Å²) >= 11 is 0. The summed E-state index contributed by atoms with van der Waals surface area (Å²) in [6, 6.07) is 7.48. The molecule has 5 rings (SSSR count). The van der Waals surface area contributed by atoms with Crippen LogP contribution in [0.3, 0.4) is 0 Å². The van der Waals surface area contributed by atoms with Crippen molar-refractivity contribution in [2.75, 3.05) is 0 Å². The molecule has 0 spiro atoms. The largest absolute Gasteiger partial charge is 0.435 e. The highest BCUT2D eigenvalue weighted by Crippen LogP contribution is 2.38. The number of carbonyl (C=O) groups is 2. The first-order valence-corrected chi connectivity index (χ1v) is 14.3. The van der Waals surface area contributed by atoms with Gasteiger partial charge in [0.25, 0.3) is 5.91 Å². The van der Waals surface area contributed by atoms with E-state index in [4.69, 9.17) is 5.73 Å². The number of nitrogens with zero attached hydrogens (tertiary/aromatic N) is 3. The fourth-order valence-electron chi connectivity index (χ4n) is 5.85. The Labute approximate surface area is 254 Å². The summed E-state index contributed by atoms with van der Waals surface area (Å²) in [5.41, 5.74) is 5.41. The maximum Gasteiger partial charge on any atom is 0.435 e. The van der Waals surface area contributed by atoms with Crippen LogP contribution >= 0.6 is 0 Å². The highest BCUT2D eigenvalue weighted by atomic mass is 19.4. The van der Waals surface area contributed by atoms with Crippen LogP contribution in [0, 0.1) is 17.5 Å². The number of rotatable bonds is 9. The van der Waals surface area contributed by atoms with Crippen LogP contribution in [0.4, 0.5) is 26.3 Å². The zero-order chi connectivity index (χ0) is 32.5. The average molecular weight is 630 g/mol. The summed E-state index contributed by atoms with van der Waals surface area (Å²) < 4.78 is 85.5. The zero-order valence-electron chi connectivity index (χ0n) is 24.1. The predicted octanol–water partition coefficient (Wildman–Crippen LogP) is 6.41. The molecule has 0 unspecified atom stereocenters. The summed E-state index contributed by atoms with van der Waals surface area (Å²) in [5.74, 6) is -4.24. The third-order valence-corrected chi connectivity index (χ3v) is 7.85. The monoisotopic (exact) mass is 629 g/mol.